The lowest BCUT2D eigenvalue weighted by Gasteiger charge is -2.01. The Labute approximate surface area is 252 Å². The number of nitrogens with zero attached hydrogens (tertiary/aromatic N) is 8. The standard InChI is InChI=1S/C32H27N10S/c1-38-27(21-40-17-5-3-7-29(38)40)25-13-9-23(10-14-25)19-33-35-31-36-37-32(43)42(31)34-20-24-11-15-26(16-12-24)28-22-41-18-6-4-8-30(41)39(28)2/h3-22H,1-2H3,(H-,35,36,37,43)/q+1/p+1/b33-19-,34-20+. The SMILES string of the molecule is C[n+]1c(-c2ccc(/C=N\Nc3n[nH]c(=S)n3/N=C/c3ccc(-c4cn5ccccc5[n+]4C)cc3)cc2)cn2ccccc21. The number of rotatable bonds is 7. The first kappa shape index (κ1) is 26.2. The molecule has 0 radical (unpaired) electrons. The summed E-state index contributed by atoms with van der Waals surface area (Å²) in [5, 5.41) is 15.9. The maximum absolute atomic E-state index is 5.39. The number of aromatic amines is 1. The molecule has 0 amide bonds. The van der Waals surface area contributed by atoms with Gasteiger partial charge in [0.15, 0.2) is 11.4 Å². The predicted molar refractivity (Wildman–Crippen MR) is 170 cm³/mol. The summed E-state index contributed by atoms with van der Waals surface area (Å²) in [6, 6.07) is 28.8. The molecule has 5 heterocycles. The third-order valence-corrected chi connectivity index (χ3v) is 7.70. The average molecular weight is 585 g/mol. The molecule has 0 atom stereocenters. The molecule has 5 aromatic heterocycles. The van der Waals surface area contributed by atoms with Crippen molar-refractivity contribution >= 4 is 41.9 Å². The van der Waals surface area contributed by atoms with E-state index in [4.69, 9.17) is 12.2 Å². The fraction of sp³-hybridized carbons (Fsp3) is 0.0625. The van der Waals surface area contributed by atoms with Crippen LogP contribution in [0.5, 0.6) is 0 Å². The van der Waals surface area contributed by atoms with Crippen LogP contribution in [0.2, 0.25) is 0 Å². The second kappa shape index (κ2) is 11.0. The van der Waals surface area contributed by atoms with E-state index >= 15 is 0 Å². The van der Waals surface area contributed by atoms with Crippen LogP contribution in [0.25, 0.3) is 33.8 Å². The molecule has 7 aromatic rings. The molecular formula is C32H28N10S+2. The number of fused-ring (bicyclic) bond motifs is 2. The summed E-state index contributed by atoms with van der Waals surface area (Å²) in [5.41, 5.74) is 11.5. The van der Waals surface area contributed by atoms with Gasteiger partial charge in [-0.2, -0.15) is 14.9 Å². The van der Waals surface area contributed by atoms with Crippen LogP contribution in [0, 0.1) is 4.77 Å². The zero-order valence-corrected chi connectivity index (χ0v) is 24.3. The van der Waals surface area contributed by atoms with E-state index in [1.807, 2.05) is 60.9 Å². The average Bonchev–Trinajstić information content (AvgIpc) is 3.69. The van der Waals surface area contributed by atoms with Gasteiger partial charge in [-0.05, 0) is 59.7 Å². The second-order valence-electron chi connectivity index (χ2n) is 10.1. The second-order valence-corrected chi connectivity index (χ2v) is 10.5. The molecule has 0 spiro atoms. The molecule has 0 aliphatic rings. The summed E-state index contributed by atoms with van der Waals surface area (Å²) in [5.74, 6) is 0.380. The Balaban J connectivity index is 1.04. The van der Waals surface area contributed by atoms with Gasteiger partial charge < -0.3 is 0 Å². The maximum Gasteiger partial charge on any atom is 0.286 e. The van der Waals surface area contributed by atoms with Gasteiger partial charge in [-0.25, -0.2) is 28.5 Å². The quantitative estimate of drug-likeness (QED) is 0.123. The van der Waals surface area contributed by atoms with Gasteiger partial charge in [-0.3, -0.25) is 0 Å². The molecule has 0 fully saturated rings. The Morgan fingerprint density at radius 2 is 1.28 bits per heavy atom. The van der Waals surface area contributed by atoms with Gasteiger partial charge in [0, 0.05) is 23.3 Å². The fourth-order valence-electron chi connectivity index (χ4n) is 5.14. The first-order chi connectivity index (χ1) is 21.0. The lowest BCUT2D eigenvalue weighted by Crippen LogP contribution is -2.29. The lowest BCUT2D eigenvalue weighted by atomic mass is 10.1. The van der Waals surface area contributed by atoms with E-state index in [0.29, 0.717) is 10.7 Å². The van der Waals surface area contributed by atoms with Crippen LogP contribution in [0.1, 0.15) is 11.1 Å². The van der Waals surface area contributed by atoms with Crippen molar-refractivity contribution in [2.24, 2.45) is 24.3 Å². The fourth-order valence-corrected chi connectivity index (χ4v) is 5.32. The molecule has 0 aliphatic heterocycles. The molecular weight excluding hydrogens is 556 g/mol. The minimum atomic E-state index is 0.357. The summed E-state index contributed by atoms with van der Waals surface area (Å²) < 4.78 is 10.4. The molecule has 0 unspecified atom stereocenters. The van der Waals surface area contributed by atoms with Crippen molar-refractivity contribution in [2.45, 2.75) is 0 Å². The van der Waals surface area contributed by atoms with Gasteiger partial charge in [-0.15, -0.1) is 5.10 Å². The number of nitrogens with one attached hydrogen (secondary N) is 2. The van der Waals surface area contributed by atoms with E-state index < -0.39 is 0 Å². The largest absolute Gasteiger partial charge is 0.286 e. The topological polar surface area (TPSA) is 86.9 Å². The number of aromatic nitrogens is 7. The van der Waals surface area contributed by atoms with Crippen LogP contribution in [0.4, 0.5) is 5.95 Å². The van der Waals surface area contributed by atoms with Gasteiger partial charge in [0.05, 0.1) is 38.9 Å². The summed E-state index contributed by atoms with van der Waals surface area (Å²) in [4.78, 5) is 0. The van der Waals surface area contributed by atoms with E-state index in [1.165, 1.54) is 4.68 Å². The van der Waals surface area contributed by atoms with Crippen molar-refractivity contribution in [3.8, 4) is 22.5 Å². The van der Waals surface area contributed by atoms with Crippen LogP contribution >= 0.6 is 12.2 Å². The Bertz CT molecular complexity index is 2200. The number of benzene rings is 2. The zero-order chi connectivity index (χ0) is 29.3. The highest BCUT2D eigenvalue weighted by Crippen LogP contribution is 2.19. The predicted octanol–water partition coefficient (Wildman–Crippen LogP) is 4.76. The number of pyridine rings is 2. The molecule has 0 saturated heterocycles. The number of hydrogen-bond donors (Lipinski definition) is 2. The van der Waals surface area contributed by atoms with E-state index in [-0.39, 0.29) is 0 Å². The molecule has 0 saturated carbocycles. The molecule has 2 aromatic carbocycles. The van der Waals surface area contributed by atoms with Gasteiger partial charge in [-0.1, -0.05) is 36.4 Å². The van der Waals surface area contributed by atoms with Crippen molar-refractivity contribution in [2.75, 3.05) is 5.43 Å². The zero-order valence-electron chi connectivity index (χ0n) is 23.5. The Hall–Kier alpha value is -5.68. The van der Waals surface area contributed by atoms with Crippen molar-refractivity contribution < 1.29 is 9.13 Å². The van der Waals surface area contributed by atoms with Crippen molar-refractivity contribution in [3.05, 3.63) is 126 Å². The number of anilines is 1. The van der Waals surface area contributed by atoms with Crippen molar-refractivity contribution in [1.29, 1.82) is 0 Å². The number of hydrazone groups is 1. The highest BCUT2D eigenvalue weighted by Gasteiger charge is 2.16. The Morgan fingerprint density at radius 1 is 0.744 bits per heavy atom. The summed E-state index contributed by atoms with van der Waals surface area (Å²) in [6.45, 7) is 0. The Morgan fingerprint density at radius 3 is 1.81 bits per heavy atom. The lowest BCUT2D eigenvalue weighted by molar-refractivity contribution is -0.633. The number of imidazole rings is 2. The van der Waals surface area contributed by atoms with E-state index in [1.54, 1.807) is 12.4 Å². The minimum Gasteiger partial charge on any atom is -0.248 e. The van der Waals surface area contributed by atoms with Crippen molar-refractivity contribution in [3.63, 3.8) is 0 Å². The van der Waals surface area contributed by atoms with Crippen molar-refractivity contribution in [1.82, 2.24) is 23.7 Å². The molecule has 0 aliphatic carbocycles. The molecule has 7 rings (SSSR count). The minimum absolute atomic E-state index is 0.357. The van der Waals surface area contributed by atoms with Crippen LogP contribution < -0.4 is 14.6 Å². The summed E-state index contributed by atoms with van der Waals surface area (Å²) in [7, 11) is 4.14. The van der Waals surface area contributed by atoms with Crippen LogP contribution in [-0.4, -0.2) is 36.1 Å². The van der Waals surface area contributed by atoms with E-state index in [2.05, 4.69) is 107 Å². The summed E-state index contributed by atoms with van der Waals surface area (Å²) in [6.07, 6.45) is 11.8. The number of aryl methyl sites for hydroxylation is 2. The third kappa shape index (κ3) is 5.02. The van der Waals surface area contributed by atoms with Crippen LogP contribution in [0.3, 0.4) is 0 Å². The number of H-pyrrole nitrogens is 1. The first-order valence-electron chi connectivity index (χ1n) is 13.7. The van der Waals surface area contributed by atoms with Crippen LogP contribution in [-0.2, 0) is 14.1 Å². The third-order valence-electron chi connectivity index (χ3n) is 7.43. The summed E-state index contributed by atoms with van der Waals surface area (Å²) >= 11 is 5.39. The maximum atomic E-state index is 5.39. The number of hydrogen-bond acceptors (Lipinski definition) is 5. The highest BCUT2D eigenvalue weighted by atomic mass is 32.1. The highest BCUT2D eigenvalue weighted by molar-refractivity contribution is 7.71. The molecule has 43 heavy (non-hydrogen) atoms. The molecule has 11 heteroatoms. The van der Waals surface area contributed by atoms with Gasteiger partial charge in [0.25, 0.3) is 17.2 Å². The molecule has 0 bridgehead atoms. The molecule has 2 N–H and O–H groups in total. The molecule has 10 nitrogen and oxygen atoms in total. The molecule has 210 valence electrons. The van der Waals surface area contributed by atoms with Gasteiger partial charge in [0.1, 0.15) is 12.4 Å². The van der Waals surface area contributed by atoms with E-state index in [9.17, 15) is 0 Å². The first-order valence-corrected chi connectivity index (χ1v) is 14.1. The van der Waals surface area contributed by atoms with Crippen LogP contribution in [0.15, 0.2) is 120 Å². The van der Waals surface area contributed by atoms with Gasteiger partial charge >= 0.3 is 0 Å². The Kier molecular flexibility index (Phi) is 6.68. The van der Waals surface area contributed by atoms with E-state index in [0.717, 1.165) is 44.9 Å². The normalized spacial score (nSPS) is 11.9. The monoisotopic (exact) mass is 584 g/mol. The smallest absolute Gasteiger partial charge is 0.248 e. The van der Waals surface area contributed by atoms with Gasteiger partial charge in [0.2, 0.25) is 4.77 Å².